The van der Waals surface area contributed by atoms with E-state index in [2.05, 4.69) is 30.9 Å². The molecule has 1 saturated heterocycles. The second-order valence-corrected chi connectivity index (χ2v) is 11.0. The average molecular weight is 511 g/mol. The van der Waals surface area contributed by atoms with Crippen LogP contribution in [-0.2, 0) is 20.8 Å². The molecule has 1 aliphatic rings. The van der Waals surface area contributed by atoms with Crippen LogP contribution in [-0.4, -0.2) is 54.2 Å². The lowest BCUT2D eigenvalue weighted by molar-refractivity contribution is -0.137. The largest absolute Gasteiger partial charge is 0.419 e. The zero-order chi connectivity index (χ0) is 25.4. The number of halogens is 3. The van der Waals surface area contributed by atoms with Gasteiger partial charge in [-0.2, -0.15) is 13.2 Å². The average Bonchev–Trinajstić information content (AvgIpc) is 3.22. The number of aromatic amines is 1. The maximum atomic E-state index is 13.9. The molecule has 0 radical (unpaired) electrons. The zero-order valence-electron chi connectivity index (χ0n) is 19.0. The van der Waals surface area contributed by atoms with Gasteiger partial charge in [-0.15, -0.1) is 0 Å². The summed E-state index contributed by atoms with van der Waals surface area (Å²) < 4.78 is 67.9. The van der Waals surface area contributed by atoms with E-state index in [9.17, 15) is 26.4 Å². The molecule has 1 aliphatic heterocycles. The normalized spacial score (nSPS) is 17.0. The Balaban J connectivity index is 1.91. The fraction of sp³-hybridized carbons (Fsp3) is 0.409. The highest BCUT2D eigenvalue weighted by Gasteiger charge is 2.37. The van der Waals surface area contributed by atoms with E-state index in [0.717, 1.165) is 25.6 Å². The number of aromatic nitrogens is 3. The van der Waals surface area contributed by atoms with Crippen molar-refractivity contribution in [2.45, 2.75) is 49.1 Å². The fourth-order valence-electron chi connectivity index (χ4n) is 4.10. The van der Waals surface area contributed by atoms with Gasteiger partial charge in [-0.3, -0.25) is 4.79 Å². The van der Waals surface area contributed by atoms with Crippen molar-refractivity contribution in [1.29, 1.82) is 0 Å². The Morgan fingerprint density at radius 1 is 1.26 bits per heavy atom. The van der Waals surface area contributed by atoms with Crippen LogP contribution in [0.2, 0.25) is 0 Å². The summed E-state index contributed by atoms with van der Waals surface area (Å²) in [5.41, 5.74) is -1.25. The summed E-state index contributed by atoms with van der Waals surface area (Å²) in [6.45, 7) is 4.46. The lowest BCUT2D eigenvalue weighted by Gasteiger charge is -2.24. The highest BCUT2D eigenvalue weighted by atomic mass is 32.2. The molecule has 1 fully saturated rings. The number of anilines is 2. The van der Waals surface area contributed by atoms with Crippen molar-refractivity contribution in [2.24, 2.45) is 0 Å². The molecule has 3 aromatic rings. The van der Waals surface area contributed by atoms with E-state index in [4.69, 9.17) is 0 Å². The van der Waals surface area contributed by atoms with Crippen LogP contribution in [0.1, 0.15) is 32.3 Å². The minimum atomic E-state index is -4.74. The zero-order valence-corrected chi connectivity index (χ0v) is 19.8. The van der Waals surface area contributed by atoms with Crippen LogP contribution in [0.25, 0.3) is 22.2 Å². The Hall–Kier alpha value is -3.19. The number of hydrogen-bond donors (Lipinski definition) is 4. The van der Waals surface area contributed by atoms with E-state index in [1.807, 2.05) is 0 Å². The highest BCUT2D eigenvalue weighted by molar-refractivity contribution is 7.92. The van der Waals surface area contributed by atoms with E-state index < -0.39 is 26.8 Å². The number of carbonyl (C=O) groups excluding carboxylic acids is 1. The third kappa shape index (κ3) is 4.82. The van der Waals surface area contributed by atoms with E-state index in [-0.39, 0.29) is 44.7 Å². The number of carbonyl (C=O) groups is 1. The van der Waals surface area contributed by atoms with Gasteiger partial charge in [-0.25, -0.2) is 18.4 Å². The molecule has 0 saturated carbocycles. The molecule has 3 heterocycles. The summed E-state index contributed by atoms with van der Waals surface area (Å²) in [4.78, 5) is 21.8. The molecule has 1 aromatic carbocycles. The van der Waals surface area contributed by atoms with Gasteiger partial charge in [0.15, 0.2) is 9.84 Å². The van der Waals surface area contributed by atoms with Crippen molar-refractivity contribution in [3.8, 4) is 11.3 Å². The number of amides is 1. The van der Waals surface area contributed by atoms with Crippen molar-refractivity contribution in [2.75, 3.05) is 23.7 Å². The Labute approximate surface area is 199 Å². The molecule has 1 amide bonds. The summed E-state index contributed by atoms with van der Waals surface area (Å²) in [7, 11) is -3.92. The second-order valence-electron chi connectivity index (χ2n) is 8.56. The summed E-state index contributed by atoms with van der Waals surface area (Å²) in [5.74, 6) is 0.0466. The quantitative estimate of drug-likeness (QED) is 0.358. The van der Waals surface area contributed by atoms with Crippen molar-refractivity contribution in [1.82, 2.24) is 20.3 Å². The van der Waals surface area contributed by atoms with Gasteiger partial charge in [0.2, 0.25) is 12.4 Å². The molecule has 188 valence electrons. The summed E-state index contributed by atoms with van der Waals surface area (Å²) >= 11 is 0. The number of H-pyrrole nitrogens is 1. The van der Waals surface area contributed by atoms with E-state index >= 15 is 0 Å². The standard InChI is InChI=1S/C22H25F3N6O3S/c1-12(2)35(33,34)20-17(29-11-32)6-5-14-15(9-27-19(14)20)18-16(22(23,24)25)10-28-21(31-18)30-13-4-3-7-26-8-13/h5-6,9-13,26-27H,3-4,7-8H2,1-2H3,(H,29,32)(H,28,30,31). The first kappa shape index (κ1) is 24.9. The van der Waals surface area contributed by atoms with Crippen LogP contribution >= 0.6 is 0 Å². The van der Waals surface area contributed by atoms with Gasteiger partial charge in [0.1, 0.15) is 10.5 Å². The van der Waals surface area contributed by atoms with E-state index in [1.54, 1.807) is 0 Å². The van der Waals surface area contributed by atoms with Crippen molar-refractivity contribution in [3.63, 3.8) is 0 Å². The number of hydrogen-bond acceptors (Lipinski definition) is 7. The van der Waals surface area contributed by atoms with Crippen LogP contribution < -0.4 is 16.0 Å². The SMILES string of the molecule is CC(C)S(=O)(=O)c1c(NC=O)ccc2c(-c3nc(NC4CCCNC4)ncc3C(F)(F)F)c[nH]c12. The van der Waals surface area contributed by atoms with Gasteiger partial charge in [-0.1, -0.05) is 0 Å². The number of sulfone groups is 1. The number of fused-ring (bicyclic) bond motifs is 1. The summed E-state index contributed by atoms with van der Waals surface area (Å²) in [5, 5.41) is 8.04. The van der Waals surface area contributed by atoms with Crippen LogP contribution in [0, 0.1) is 0 Å². The van der Waals surface area contributed by atoms with Crippen molar-refractivity contribution in [3.05, 3.63) is 30.1 Å². The Morgan fingerprint density at radius 3 is 2.66 bits per heavy atom. The van der Waals surface area contributed by atoms with Gasteiger partial charge >= 0.3 is 6.18 Å². The van der Waals surface area contributed by atoms with Crippen LogP contribution in [0.3, 0.4) is 0 Å². The summed E-state index contributed by atoms with van der Waals surface area (Å²) in [6.07, 6.45) is -0.642. The third-order valence-electron chi connectivity index (χ3n) is 5.91. The fourth-order valence-corrected chi connectivity index (χ4v) is 5.46. The molecular weight excluding hydrogens is 485 g/mol. The summed E-state index contributed by atoms with van der Waals surface area (Å²) in [6, 6.07) is 2.77. The van der Waals surface area contributed by atoms with Crippen LogP contribution in [0.15, 0.2) is 29.4 Å². The van der Waals surface area contributed by atoms with Crippen LogP contribution in [0.4, 0.5) is 24.8 Å². The van der Waals surface area contributed by atoms with Crippen molar-refractivity contribution >= 4 is 38.8 Å². The van der Waals surface area contributed by atoms with Gasteiger partial charge in [-0.05, 0) is 45.4 Å². The van der Waals surface area contributed by atoms with Gasteiger partial charge < -0.3 is 20.9 Å². The molecule has 13 heteroatoms. The lowest BCUT2D eigenvalue weighted by Crippen LogP contribution is -2.38. The second kappa shape index (κ2) is 9.46. The minimum Gasteiger partial charge on any atom is -0.359 e. The Bertz CT molecular complexity index is 1350. The monoisotopic (exact) mass is 510 g/mol. The molecule has 0 aliphatic carbocycles. The first-order valence-electron chi connectivity index (χ1n) is 11.0. The predicted molar refractivity (Wildman–Crippen MR) is 126 cm³/mol. The Morgan fingerprint density at radius 2 is 2.03 bits per heavy atom. The molecule has 2 aromatic heterocycles. The highest BCUT2D eigenvalue weighted by Crippen LogP contribution is 2.41. The molecule has 1 atom stereocenters. The number of nitrogens with one attached hydrogen (secondary N) is 4. The number of rotatable bonds is 7. The molecule has 4 rings (SSSR count). The lowest BCUT2D eigenvalue weighted by atomic mass is 10.1. The maximum Gasteiger partial charge on any atom is 0.419 e. The molecular formula is C22H25F3N6O3S. The topological polar surface area (TPSA) is 129 Å². The molecule has 1 unspecified atom stereocenters. The first-order chi connectivity index (χ1) is 16.5. The number of nitrogens with zero attached hydrogens (tertiary/aromatic N) is 2. The molecule has 0 spiro atoms. The smallest absolute Gasteiger partial charge is 0.359 e. The van der Waals surface area contributed by atoms with E-state index in [1.165, 1.54) is 32.2 Å². The maximum absolute atomic E-state index is 13.9. The van der Waals surface area contributed by atoms with Gasteiger partial charge in [0.25, 0.3) is 0 Å². The molecule has 35 heavy (non-hydrogen) atoms. The predicted octanol–water partition coefficient (Wildman–Crippen LogP) is 3.56. The number of piperidine rings is 1. The molecule has 4 N–H and O–H groups in total. The van der Waals surface area contributed by atoms with Crippen LogP contribution in [0.5, 0.6) is 0 Å². The first-order valence-corrected chi connectivity index (χ1v) is 12.6. The van der Waals surface area contributed by atoms with Gasteiger partial charge in [0.05, 0.1) is 22.1 Å². The van der Waals surface area contributed by atoms with E-state index in [0.29, 0.717) is 13.0 Å². The molecule has 9 nitrogen and oxygen atoms in total. The van der Waals surface area contributed by atoms with Gasteiger partial charge in [0, 0.05) is 35.9 Å². The Kier molecular flexibility index (Phi) is 6.73. The molecule has 0 bridgehead atoms. The number of benzene rings is 1. The third-order valence-corrected chi connectivity index (χ3v) is 8.14. The van der Waals surface area contributed by atoms with Crippen molar-refractivity contribution < 1.29 is 26.4 Å². The minimum absolute atomic E-state index is 0.0282. The number of alkyl halides is 3.